The number of hydrogen-bond donors (Lipinski definition) is 3. The molecule has 0 saturated carbocycles. The number of nitrogens with one attached hydrogen (secondary N) is 1. The Kier molecular flexibility index (Phi) is 7.24. The van der Waals surface area contributed by atoms with E-state index in [2.05, 4.69) is 20.3 Å². The summed E-state index contributed by atoms with van der Waals surface area (Å²) in [4.78, 5) is 18.9. The normalized spacial score (nSPS) is 14.8. The molecular formula is C26H27N7O5. The SMILES string of the molecule is COC/C(O)=C/C(=N)c1nnc2c3ccccc3c(OCc3ccc(C(=O)N4CCC(O)CC4)cn3)nn12. The predicted octanol–water partition coefficient (Wildman–Crippen LogP) is 2.30. The standard InChI is InChI=1S/C26H27N7O5/c1-37-15-19(35)12-22(27)24-30-29-23-20-4-2-3-5-21(20)25(31-33(23)24)38-14-17-7-6-16(13-28-17)26(36)32-10-8-18(34)9-11-32/h2-7,12-13,18,27,34-35H,8-11,14-15H2,1H3/b19-12-,27-22?. The molecule has 4 heterocycles. The zero-order chi connectivity index (χ0) is 26.6. The van der Waals surface area contributed by atoms with Crippen LogP contribution in [0.5, 0.6) is 5.88 Å². The van der Waals surface area contributed by atoms with Crippen molar-refractivity contribution in [3.05, 3.63) is 71.5 Å². The van der Waals surface area contributed by atoms with Gasteiger partial charge in [0.05, 0.1) is 17.4 Å². The van der Waals surface area contributed by atoms with Crippen LogP contribution in [0.1, 0.15) is 34.7 Å². The van der Waals surface area contributed by atoms with Crippen molar-refractivity contribution in [1.29, 1.82) is 5.41 Å². The Labute approximate surface area is 217 Å². The van der Waals surface area contributed by atoms with E-state index in [1.54, 1.807) is 17.0 Å². The van der Waals surface area contributed by atoms with Gasteiger partial charge in [-0.05, 0) is 31.0 Å². The number of hydrogen-bond acceptors (Lipinski definition) is 10. The van der Waals surface area contributed by atoms with Crippen molar-refractivity contribution in [2.45, 2.75) is 25.6 Å². The predicted molar refractivity (Wildman–Crippen MR) is 137 cm³/mol. The maximum atomic E-state index is 12.7. The van der Waals surface area contributed by atoms with Gasteiger partial charge in [0.2, 0.25) is 11.7 Å². The molecule has 1 saturated heterocycles. The molecule has 0 spiro atoms. The smallest absolute Gasteiger partial charge is 0.255 e. The lowest BCUT2D eigenvalue weighted by molar-refractivity contribution is 0.0546. The van der Waals surface area contributed by atoms with Crippen molar-refractivity contribution in [3.63, 3.8) is 0 Å². The molecule has 5 rings (SSSR count). The maximum absolute atomic E-state index is 12.7. The molecule has 1 fully saturated rings. The fourth-order valence-corrected chi connectivity index (χ4v) is 4.28. The van der Waals surface area contributed by atoms with Crippen molar-refractivity contribution in [3.8, 4) is 5.88 Å². The van der Waals surface area contributed by atoms with Crippen LogP contribution in [0.15, 0.2) is 54.4 Å². The Hall–Kier alpha value is -4.42. The number of benzene rings is 1. The quantitative estimate of drug-likeness (QED) is 0.235. The lowest BCUT2D eigenvalue weighted by atomic mass is 10.1. The Morgan fingerprint density at radius 3 is 2.63 bits per heavy atom. The molecule has 38 heavy (non-hydrogen) atoms. The van der Waals surface area contributed by atoms with E-state index >= 15 is 0 Å². The molecule has 3 aromatic heterocycles. The van der Waals surface area contributed by atoms with Crippen molar-refractivity contribution >= 4 is 28.0 Å². The molecule has 1 amide bonds. The highest BCUT2D eigenvalue weighted by atomic mass is 16.5. The second-order valence-electron chi connectivity index (χ2n) is 8.94. The summed E-state index contributed by atoms with van der Waals surface area (Å²) in [5, 5.41) is 42.2. The highest BCUT2D eigenvalue weighted by molar-refractivity contribution is 6.05. The van der Waals surface area contributed by atoms with Crippen LogP contribution in [0.4, 0.5) is 0 Å². The number of likely N-dealkylation sites (tertiary alicyclic amines) is 1. The van der Waals surface area contributed by atoms with Gasteiger partial charge < -0.3 is 24.6 Å². The third-order valence-electron chi connectivity index (χ3n) is 6.25. The molecule has 196 valence electrons. The molecule has 1 aromatic carbocycles. The molecule has 4 aromatic rings. The number of amides is 1. The summed E-state index contributed by atoms with van der Waals surface area (Å²) in [6, 6.07) is 10.9. The third-order valence-corrected chi connectivity index (χ3v) is 6.25. The molecule has 0 unspecified atom stereocenters. The van der Waals surface area contributed by atoms with Crippen LogP contribution in [0.3, 0.4) is 0 Å². The molecule has 0 aliphatic carbocycles. The van der Waals surface area contributed by atoms with Gasteiger partial charge in [0.1, 0.15) is 24.7 Å². The molecule has 0 atom stereocenters. The number of rotatable bonds is 8. The molecule has 12 heteroatoms. The fourth-order valence-electron chi connectivity index (χ4n) is 4.28. The third kappa shape index (κ3) is 5.17. The van der Waals surface area contributed by atoms with Crippen LogP contribution in [0, 0.1) is 5.41 Å². The van der Waals surface area contributed by atoms with Gasteiger partial charge in [0.25, 0.3) is 5.91 Å². The largest absolute Gasteiger partial charge is 0.510 e. The second kappa shape index (κ2) is 10.9. The maximum Gasteiger partial charge on any atom is 0.255 e. The molecular weight excluding hydrogens is 490 g/mol. The minimum atomic E-state index is -0.348. The van der Waals surface area contributed by atoms with Crippen LogP contribution < -0.4 is 4.74 Å². The topological polar surface area (TPSA) is 159 Å². The summed E-state index contributed by atoms with van der Waals surface area (Å²) in [5.41, 5.74) is 1.43. The van der Waals surface area contributed by atoms with Gasteiger partial charge in [-0.25, -0.2) is 0 Å². The average Bonchev–Trinajstić information content (AvgIpc) is 3.36. The molecule has 0 bridgehead atoms. The minimum Gasteiger partial charge on any atom is -0.510 e. The average molecular weight is 518 g/mol. The van der Waals surface area contributed by atoms with Crippen molar-refractivity contribution in [2.75, 3.05) is 26.8 Å². The van der Waals surface area contributed by atoms with E-state index < -0.39 is 0 Å². The number of carbonyl (C=O) groups excluding carboxylic acids is 1. The number of nitrogens with zero attached hydrogens (tertiary/aromatic N) is 6. The first-order valence-corrected chi connectivity index (χ1v) is 12.1. The number of aliphatic hydroxyl groups is 2. The van der Waals surface area contributed by atoms with Gasteiger partial charge in [-0.2, -0.15) is 4.52 Å². The monoisotopic (exact) mass is 517 g/mol. The summed E-state index contributed by atoms with van der Waals surface area (Å²) < 4.78 is 12.3. The van der Waals surface area contributed by atoms with E-state index in [0.717, 1.165) is 5.39 Å². The van der Waals surface area contributed by atoms with Crippen LogP contribution in [0.25, 0.3) is 16.4 Å². The van der Waals surface area contributed by atoms with Crippen molar-refractivity contribution in [1.82, 2.24) is 29.7 Å². The summed E-state index contributed by atoms with van der Waals surface area (Å²) in [6.07, 6.45) is 3.57. The van der Waals surface area contributed by atoms with E-state index in [1.807, 2.05) is 24.3 Å². The zero-order valence-corrected chi connectivity index (χ0v) is 20.7. The Morgan fingerprint density at radius 2 is 1.92 bits per heavy atom. The first-order chi connectivity index (χ1) is 18.4. The first kappa shape index (κ1) is 25.2. The van der Waals surface area contributed by atoms with Gasteiger partial charge >= 0.3 is 0 Å². The number of allylic oxidation sites excluding steroid dienone is 1. The molecule has 12 nitrogen and oxygen atoms in total. The van der Waals surface area contributed by atoms with Crippen LogP contribution in [-0.4, -0.2) is 84.4 Å². The van der Waals surface area contributed by atoms with E-state index in [4.69, 9.17) is 14.9 Å². The van der Waals surface area contributed by atoms with Gasteiger partial charge in [-0.15, -0.1) is 15.3 Å². The number of pyridine rings is 1. The van der Waals surface area contributed by atoms with Gasteiger partial charge in [-0.3, -0.25) is 15.2 Å². The Bertz CT molecular complexity index is 1510. The molecule has 1 aliphatic rings. The number of aliphatic hydroxyl groups excluding tert-OH is 2. The van der Waals surface area contributed by atoms with E-state index in [1.165, 1.54) is 23.9 Å². The lowest BCUT2D eigenvalue weighted by Gasteiger charge is -2.29. The number of fused-ring (bicyclic) bond motifs is 3. The molecule has 0 radical (unpaired) electrons. The number of aromatic nitrogens is 5. The lowest BCUT2D eigenvalue weighted by Crippen LogP contribution is -2.40. The van der Waals surface area contributed by atoms with Crippen molar-refractivity contribution in [2.24, 2.45) is 0 Å². The summed E-state index contributed by atoms with van der Waals surface area (Å²) in [5.74, 6) is 0.186. The Balaban J connectivity index is 1.38. The highest BCUT2D eigenvalue weighted by Crippen LogP contribution is 2.27. The van der Waals surface area contributed by atoms with Gasteiger partial charge in [0, 0.05) is 43.2 Å². The van der Waals surface area contributed by atoms with E-state index in [-0.39, 0.29) is 42.5 Å². The summed E-state index contributed by atoms with van der Waals surface area (Å²) >= 11 is 0. The molecule has 1 aliphatic heterocycles. The number of ether oxygens (including phenoxy) is 2. The number of piperidine rings is 1. The van der Waals surface area contributed by atoms with Crippen LogP contribution >= 0.6 is 0 Å². The van der Waals surface area contributed by atoms with E-state index in [0.29, 0.717) is 54.1 Å². The Morgan fingerprint density at radius 1 is 1.16 bits per heavy atom. The zero-order valence-electron chi connectivity index (χ0n) is 20.7. The minimum absolute atomic E-state index is 0.0393. The number of methoxy groups -OCH3 is 1. The van der Waals surface area contributed by atoms with Crippen LogP contribution in [0.2, 0.25) is 0 Å². The fraction of sp³-hybridized carbons (Fsp3) is 0.308. The molecule has 3 N–H and O–H groups in total. The van der Waals surface area contributed by atoms with E-state index in [9.17, 15) is 15.0 Å². The van der Waals surface area contributed by atoms with Gasteiger partial charge in [0.15, 0.2) is 5.65 Å². The van der Waals surface area contributed by atoms with Crippen LogP contribution in [-0.2, 0) is 11.3 Å². The summed E-state index contributed by atoms with van der Waals surface area (Å²) in [6.45, 7) is 1.10. The highest BCUT2D eigenvalue weighted by Gasteiger charge is 2.23. The number of carbonyl (C=O) groups is 1. The van der Waals surface area contributed by atoms with Gasteiger partial charge in [-0.1, -0.05) is 18.2 Å². The second-order valence-corrected chi connectivity index (χ2v) is 8.94. The first-order valence-electron chi connectivity index (χ1n) is 12.1. The summed E-state index contributed by atoms with van der Waals surface area (Å²) in [7, 11) is 1.44. The van der Waals surface area contributed by atoms with Crippen molar-refractivity contribution < 1.29 is 24.5 Å².